The van der Waals surface area contributed by atoms with Gasteiger partial charge in [0.15, 0.2) is 5.96 Å². The van der Waals surface area contributed by atoms with E-state index in [1.165, 1.54) is 9.80 Å². The van der Waals surface area contributed by atoms with Crippen molar-refractivity contribution in [3.05, 3.63) is 35.9 Å². The quantitative estimate of drug-likeness (QED) is 0.0363. The molecule has 1 aromatic rings. The highest BCUT2D eigenvalue weighted by Crippen LogP contribution is 2.23. The SMILES string of the molecule is CC[C@H](C)[C@H](NC(=O)[C@@H](NC(=O)[C@@H]1CCCN1C(=O)[C@H](Cc1ccccc1)NC(=O)[C@@H]1CCCN1C(=O)CNC(=O)[C@@H](N)CCCNC(=N)N)[C@@H](C)CC)C(=O)N[C@H](C(=O)O)C(C)C. The van der Waals surface area contributed by atoms with Gasteiger partial charge < -0.3 is 58.3 Å². The first kappa shape index (κ1) is 52.6. The Morgan fingerprint density at radius 2 is 1.28 bits per heavy atom. The van der Waals surface area contributed by atoms with E-state index in [0.717, 1.165) is 5.56 Å². The number of carbonyl (C=O) groups excluding carboxylic acids is 7. The van der Waals surface area contributed by atoms with Crippen molar-refractivity contribution in [2.75, 3.05) is 26.2 Å². The zero-order valence-electron chi connectivity index (χ0n) is 38.1. The first-order valence-corrected chi connectivity index (χ1v) is 22.5. The van der Waals surface area contributed by atoms with Crippen molar-refractivity contribution in [2.24, 2.45) is 29.2 Å². The minimum absolute atomic E-state index is 0.0866. The predicted molar refractivity (Wildman–Crippen MR) is 239 cm³/mol. The van der Waals surface area contributed by atoms with E-state index in [4.69, 9.17) is 16.9 Å². The molecule has 0 aliphatic carbocycles. The minimum atomic E-state index is -1.20. The van der Waals surface area contributed by atoms with E-state index in [2.05, 4.69) is 31.9 Å². The number of hydrogen-bond donors (Lipinski definition) is 10. The fourth-order valence-electron chi connectivity index (χ4n) is 7.88. The Hall–Kier alpha value is -5.79. The van der Waals surface area contributed by atoms with Crippen molar-refractivity contribution in [1.29, 1.82) is 5.41 Å². The summed E-state index contributed by atoms with van der Waals surface area (Å²) in [6, 6.07) is 1.75. The summed E-state index contributed by atoms with van der Waals surface area (Å²) in [4.78, 5) is 111. The zero-order valence-corrected chi connectivity index (χ0v) is 38.1. The van der Waals surface area contributed by atoms with Gasteiger partial charge in [0.25, 0.3) is 0 Å². The number of guanidine groups is 1. The van der Waals surface area contributed by atoms with E-state index in [9.17, 15) is 43.5 Å². The maximum Gasteiger partial charge on any atom is 0.326 e. The molecule has 1 aromatic carbocycles. The number of carboxylic acid groups (broad SMARTS) is 1. The van der Waals surface area contributed by atoms with E-state index in [-0.39, 0.29) is 50.8 Å². The number of benzene rings is 1. The largest absolute Gasteiger partial charge is 0.480 e. The van der Waals surface area contributed by atoms with Gasteiger partial charge in [-0.2, -0.15) is 0 Å². The van der Waals surface area contributed by atoms with Gasteiger partial charge in [-0.15, -0.1) is 0 Å². The summed E-state index contributed by atoms with van der Waals surface area (Å²) in [7, 11) is 0. The molecule has 64 heavy (non-hydrogen) atoms. The normalized spacial score (nSPS) is 19.2. The number of nitrogens with zero attached hydrogens (tertiary/aromatic N) is 2. The molecule has 0 spiro atoms. The van der Waals surface area contributed by atoms with Crippen LogP contribution in [-0.4, -0.2) is 137 Å². The number of aliphatic carboxylic acids is 1. The third kappa shape index (κ3) is 15.2. The molecule has 7 amide bonds. The molecule has 0 bridgehead atoms. The molecule has 9 atom stereocenters. The summed E-state index contributed by atoms with van der Waals surface area (Å²) in [5.74, 6) is -6.54. The molecule has 12 N–H and O–H groups in total. The van der Waals surface area contributed by atoms with Crippen LogP contribution in [0.1, 0.15) is 98.5 Å². The van der Waals surface area contributed by atoms with Crippen molar-refractivity contribution in [1.82, 2.24) is 41.7 Å². The predicted octanol–water partition coefficient (Wildman–Crippen LogP) is -0.310. The van der Waals surface area contributed by atoms with Crippen molar-refractivity contribution < 1.29 is 43.5 Å². The van der Waals surface area contributed by atoms with Crippen LogP contribution in [0.15, 0.2) is 30.3 Å². The zero-order chi connectivity index (χ0) is 47.7. The van der Waals surface area contributed by atoms with Gasteiger partial charge >= 0.3 is 5.97 Å². The van der Waals surface area contributed by atoms with Crippen molar-refractivity contribution in [3.63, 3.8) is 0 Å². The molecule has 20 nitrogen and oxygen atoms in total. The molecule has 20 heteroatoms. The van der Waals surface area contributed by atoms with Crippen molar-refractivity contribution in [3.8, 4) is 0 Å². The summed E-state index contributed by atoms with van der Waals surface area (Å²) in [6.07, 6.45) is 3.41. The average molecular weight is 898 g/mol. The number of rotatable bonds is 24. The Bertz CT molecular complexity index is 1800. The second-order valence-corrected chi connectivity index (χ2v) is 17.3. The van der Waals surface area contributed by atoms with Crippen LogP contribution in [0.25, 0.3) is 0 Å². The van der Waals surface area contributed by atoms with E-state index >= 15 is 0 Å². The molecule has 2 saturated heterocycles. The second kappa shape index (κ2) is 25.5. The number of carboxylic acids is 1. The molecule has 0 unspecified atom stereocenters. The van der Waals surface area contributed by atoms with Gasteiger partial charge in [-0.1, -0.05) is 84.7 Å². The van der Waals surface area contributed by atoms with E-state index in [1.807, 2.05) is 32.0 Å². The van der Waals surface area contributed by atoms with Crippen LogP contribution < -0.4 is 43.4 Å². The lowest BCUT2D eigenvalue weighted by molar-refractivity contribution is -0.144. The maximum atomic E-state index is 14.5. The standard InChI is InChI=1S/C44H71N11O9/c1-7-26(5)35(41(61)53-36(27(6)8-2)40(60)51-34(25(3)4)43(63)64)52-39(59)32-19-14-22-55(32)42(62)30(23-28-15-10-9-11-16-28)50-38(58)31-18-13-21-54(31)33(56)24-49-37(57)29(45)17-12-20-48-44(46)47/h9-11,15-16,25-27,29-32,34-36H,7-8,12-14,17-24,45H2,1-6H3,(H,49,57)(H,50,58)(H,51,60)(H,52,59)(H,53,61)(H,63,64)(H4,46,47,48)/t26-,27-,29-,30-,31-,32-,34-,35-,36-/m0/s1. The van der Waals surface area contributed by atoms with Crippen LogP contribution in [0.4, 0.5) is 0 Å². The van der Waals surface area contributed by atoms with Crippen molar-refractivity contribution >= 4 is 53.3 Å². The van der Waals surface area contributed by atoms with Crippen LogP contribution in [0.3, 0.4) is 0 Å². The summed E-state index contributed by atoms with van der Waals surface area (Å²) in [6.45, 7) is 11.0. The monoisotopic (exact) mass is 898 g/mol. The molecule has 2 heterocycles. The van der Waals surface area contributed by atoms with Crippen LogP contribution in [0, 0.1) is 23.2 Å². The Balaban J connectivity index is 1.77. The molecule has 0 aromatic heterocycles. The third-order valence-electron chi connectivity index (χ3n) is 12.2. The first-order chi connectivity index (χ1) is 30.3. The molecule has 2 aliphatic rings. The molecule has 2 fully saturated rings. The van der Waals surface area contributed by atoms with Gasteiger partial charge in [0.05, 0.1) is 12.6 Å². The number of nitrogens with two attached hydrogens (primary N) is 2. The fraction of sp³-hybridized carbons (Fsp3) is 0.659. The second-order valence-electron chi connectivity index (χ2n) is 17.3. The average Bonchev–Trinajstić information content (AvgIpc) is 3.97. The molecular formula is C44H71N11O9. The third-order valence-corrected chi connectivity index (χ3v) is 12.2. The number of carbonyl (C=O) groups is 8. The Morgan fingerprint density at radius 1 is 0.750 bits per heavy atom. The van der Waals surface area contributed by atoms with E-state index in [0.29, 0.717) is 45.1 Å². The number of hydrogen-bond acceptors (Lipinski definition) is 10. The lowest BCUT2D eigenvalue weighted by Crippen LogP contribution is -2.61. The van der Waals surface area contributed by atoms with Crippen LogP contribution in [0.5, 0.6) is 0 Å². The van der Waals surface area contributed by atoms with E-state index in [1.54, 1.807) is 39.8 Å². The summed E-state index contributed by atoms with van der Waals surface area (Å²) in [5, 5.41) is 33.1. The number of likely N-dealkylation sites (tertiary alicyclic amines) is 2. The molecule has 2 aliphatic heterocycles. The molecule has 0 radical (unpaired) electrons. The van der Waals surface area contributed by atoms with Crippen LogP contribution in [-0.2, 0) is 44.8 Å². The minimum Gasteiger partial charge on any atom is -0.480 e. The molecule has 356 valence electrons. The van der Waals surface area contributed by atoms with Gasteiger partial charge in [0.1, 0.15) is 36.3 Å². The highest BCUT2D eigenvalue weighted by Gasteiger charge is 2.42. The van der Waals surface area contributed by atoms with E-state index < -0.39 is 101 Å². The van der Waals surface area contributed by atoms with Crippen molar-refractivity contribution in [2.45, 2.75) is 142 Å². The molecule has 3 rings (SSSR count). The van der Waals surface area contributed by atoms with Crippen LogP contribution >= 0.6 is 0 Å². The molecular weight excluding hydrogens is 827 g/mol. The molecule has 0 saturated carbocycles. The Labute approximate surface area is 376 Å². The maximum absolute atomic E-state index is 14.5. The fourth-order valence-corrected chi connectivity index (χ4v) is 7.88. The highest BCUT2D eigenvalue weighted by atomic mass is 16.4. The first-order valence-electron chi connectivity index (χ1n) is 22.5. The highest BCUT2D eigenvalue weighted by molar-refractivity contribution is 5.98. The smallest absolute Gasteiger partial charge is 0.326 e. The van der Waals surface area contributed by atoms with Gasteiger partial charge in [-0.05, 0) is 61.8 Å². The van der Waals surface area contributed by atoms with Gasteiger partial charge in [-0.25, -0.2) is 4.79 Å². The summed E-state index contributed by atoms with van der Waals surface area (Å²) >= 11 is 0. The summed E-state index contributed by atoms with van der Waals surface area (Å²) in [5.41, 5.74) is 12.0. The Morgan fingerprint density at radius 3 is 1.83 bits per heavy atom. The van der Waals surface area contributed by atoms with Crippen LogP contribution in [0.2, 0.25) is 0 Å². The number of nitrogens with one attached hydrogen (secondary N) is 7. The van der Waals surface area contributed by atoms with Gasteiger partial charge in [-0.3, -0.25) is 39.0 Å². The van der Waals surface area contributed by atoms with Gasteiger partial charge in [0.2, 0.25) is 41.4 Å². The summed E-state index contributed by atoms with van der Waals surface area (Å²) < 4.78 is 0. The van der Waals surface area contributed by atoms with Gasteiger partial charge in [0, 0.05) is 26.1 Å². The topological polar surface area (TPSA) is 311 Å². The number of amides is 7. The Kier molecular flexibility index (Phi) is 20.9. The lowest BCUT2D eigenvalue weighted by atomic mass is 9.94. The lowest BCUT2D eigenvalue weighted by Gasteiger charge is -2.33.